The summed E-state index contributed by atoms with van der Waals surface area (Å²) in [6, 6.07) is 14.1. The molecule has 0 atom stereocenters. The van der Waals surface area contributed by atoms with Crippen molar-refractivity contribution in [2.24, 2.45) is 0 Å². The van der Waals surface area contributed by atoms with Crippen LogP contribution in [-0.4, -0.2) is 23.2 Å². The summed E-state index contributed by atoms with van der Waals surface area (Å²) in [5.41, 5.74) is 3.43. The fourth-order valence-corrected chi connectivity index (χ4v) is 2.60. The molecule has 2 aromatic rings. The Morgan fingerprint density at radius 2 is 1.71 bits per heavy atom. The summed E-state index contributed by atoms with van der Waals surface area (Å²) in [5.74, 6) is 0. The van der Waals surface area contributed by atoms with Crippen molar-refractivity contribution in [3.05, 3.63) is 69.2 Å². The maximum atomic E-state index is 9.26. The van der Waals surface area contributed by atoms with Gasteiger partial charge >= 0.3 is 0 Å². The average Bonchev–Trinajstić information content (AvgIpc) is 2.46. The summed E-state index contributed by atoms with van der Waals surface area (Å²) < 4.78 is 0. The highest BCUT2D eigenvalue weighted by Crippen LogP contribution is 2.26. The Hall–Kier alpha value is -1.06. The summed E-state index contributed by atoms with van der Waals surface area (Å²) in [7, 11) is 0. The van der Waals surface area contributed by atoms with E-state index in [-0.39, 0.29) is 6.61 Å². The molecule has 2 aromatic carbocycles. The zero-order valence-corrected chi connectivity index (χ0v) is 13.5. The van der Waals surface area contributed by atoms with E-state index in [1.54, 1.807) is 6.07 Å². The van der Waals surface area contributed by atoms with Crippen LogP contribution in [0.5, 0.6) is 0 Å². The summed E-state index contributed by atoms with van der Waals surface area (Å²) in [6.07, 6.45) is 0. The molecule has 0 fully saturated rings. The van der Waals surface area contributed by atoms with E-state index < -0.39 is 0 Å². The maximum absolute atomic E-state index is 9.26. The van der Waals surface area contributed by atoms with Gasteiger partial charge in [0.25, 0.3) is 0 Å². The van der Waals surface area contributed by atoms with E-state index in [0.29, 0.717) is 23.1 Å². The fraction of sp³-hybridized carbons (Fsp3) is 0.294. The number of rotatable bonds is 6. The second-order valence-electron chi connectivity index (χ2n) is 5.13. The zero-order chi connectivity index (χ0) is 15.2. The molecule has 112 valence electrons. The lowest BCUT2D eigenvalue weighted by Gasteiger charge is -2.22. The first-order valence-electron chi connectivity index (χ1n) is 6.92. The van der Waals surface area contributed by atoms with Crippen molar-refractivity contribution in [1.82, 2.24) is 4.90 Å². The topological polar surface area (TPSA) is 23.5 Å². The number of halogens is 2. The second-order valence-corrected chi connectivity index (χ2v) is 5.92. The van der Waals surface area contributed by atoms with E-state index in [0.717, 1.165) is 12.1 Å². The van der Waals surface area contributed by atoms with E-state index in [4.69, 9.17) is 23.2 Å². The smallest absolute Gasteiger partial charge is 0.0637 e. The molecule has 0 saturated carbocycles. The number of aliphatic hydroxyl groups is 1. The molecular formula is C17H19Cl2NO. The van der Waals surface area contributed by atoms with E-state index in [9.17, 15) is 5.11 Å². The number of nitrogens with zero attached hydrogens (tertiary/aromatic N) is 1. The minimum absolute atomic E-state index is 0.115. The van der Waals surface area contributed by atoms with Crippen molar-refractivity contribution < 1.29 is 5.11 Å². The first kappa shape index (κ1) is 16.3. The zero-order valence-electron chi connectivity index (χ0n) is 12.0. The Labute approximate surface area is 135 Å². The highest BCUT2D eigenvalue weighted by molar-refractivity contribution is 6.42. The van der Waals surface area contributed by atoms with Crippen LogP contribution >= 0.6 is 23.2 Å². The van der Waals surface area contributed by atoms with Gasteiger partial charge in [-0.3, -0.25) is 4.90 Å². The van der Waals surface area contributed by atoms with Crippen LogP contribution in [0.4, 0.5) is 0 Å². The molecule has 0 aliphatic rings. The lowest BCUT2D eigenvalue weighted by molar-refractivity contribution is 0.184. The fourth-order valence-electron chi connectivity index (χ4n) is 2.22. The number of aliphatic hydroxyl groups excluding tert-OH is 1. The van der Waals surface area contributed by atoms with E-state index in [2.05, 4.69) is 36.1 Å². The lowest BCUT2D eigenvalue weighted by Crippen LogP contribution is -2.26. The molecule has 2 nitrogen and oxygen atoms in total. The van der Waals surface area contributed by atoms with Gasteiger partial charge in [0.2, 0.25) is 0 Å². The summed E-state index contributed by atoms with van der Waals surface area (Å²) in [5, 5.41) is 10.4. The van der Waals surface area contributed by atoms with Gasteiger partial charge in [0, 0.05) is 19.6 Å². The van der Waals surface area contributed by atoms with E-state index >= 15 is 0 Å². The quantitative estimate of drug-likeness (QED) is 0.856. The van der Waals surface area contributed by atoms with Gasteiger partial charge in [-0.25, -0.2) is 0 Å². The molecule has 0 amide bonds. The van der Waals surface area contributed by atoms with Crippen molar-refractivity contribution in [2.75, 3.05) is 13.2 Å². The molecule has 0 aromatic heterocycles. The standard InChI is InChI=1S/C17H19Cl2NO/c1-13-5-7-14(8-6-13)11-20(9-10-21)12-15-3-2-4-16(18)17(15)19/h2-8,21H,9-12H2,1H3. The van der Waals surface area contributed by atoms with Gasteiger partial charge in [-0.05, 0) is 24.1 Å². The Bertz CT molecular complexity index is 584. The number of hydrogen-bond acceptors (Lipinski definition) is 2. The Morgan fingerprint density at radius 1 is 1.00 bits per heavy atom. The average molecular weight is 324 g/mol. The minimum Gasteiger partial charge on any atom is -0.395 e. The van der Waals surface area contributed by atoms with Crippen LogP contribution in [0.1, 0.15) is 16.7 Å². The monoisotopic (exact) mass is 323 g/mol. The van der Waals surface area contributed by atoms with E-state index in [1.165, 1.54) is 11.1 Å². The van der Waals surface area contributed by atoms with Crippen molar-refractivity contribution >= 4 is 23.2 Å². The molecule has 0 heterocycles. The minimum atomic E-state index is 0.115. The number of benzene rings is 2. The second kappa shape index (κ2) is 7.81. The van der Waals surface area contributed by atoms with Gasteiger partial charge in [-0.2, -0.15) is 0 Å². The number of hydrogen-bond donors (Lipinski definition) is 1. The Morgan fingerprint density at radius 3 is 2.38 bits per heavy atom. The van der Waals surface area contributed by atoms with Crippen LogP contribution in [0, 0.1) is 6.92 Å². The Balaban J connectivity index is 2.11. The molecule has 21 heavy (non-hydrogen) atoms. The first-order valence-corrected chi connectivity index (χ1v) is 7.67. The third-order valence-corrected chi connectivity index (χ3v) is 4.23. The molecule has 0 aliphatic heterocycles. The van der Waals surface area contributed by atoms with Crippen LogP contribution in [0.15, 0.2) is 42.5 Å². The third-order valence-electron chi connectivity index (χ3n) is 3.37. The van der Waals surface area contributed by atoms with Crippen molar-refractivity contribution in [3.63, 3.8) is 0 Å². The predicted octanol–water partition coefficient (Wildman–Crippen LogP) is 4.30. The van der Waals surface area contributed by atoms with Crippen molar-refractivity contribution in [1.29, 1.82) is 0 Å². The van der Waals surface area contributed by atoms with Crippen molar-refractivity contribution in [2.45, 2.75) is 20.0 Å². The molecule has 0 unspecified atom stereocenters. The first-order chi connectivity index (χ1) is 10.1. The van der Waals surface area contributed by atoms with Gasteiger partial charge in [0.1, 0.15) is 0 Å². The predicted molar refractivity (Wildman–Crippen MR) is 88.8 cm³/mol. The molecule has 4 heteroatoms. The normalized spacial score (nSPS) is 11.1. The van der Waals surface area contributed by atoms with Crippen molar-refractivity contribution in [3.8, 4) is 0 Å². The summed E-state index contributed by atoms with van der Waals surface area (Å²) >= 11 is 12.3. The molecule has 1 N–H and O–H groups in total. The number of aryl methyl sites for hydroxylation is 1. The highest BCUT2D eigenvalue weighted by Gasteiger charge is 2.10. The SMILES string of the molecule is Cc1ccc(CN(CCO)Cc2cccc(Cl)c2Cl)cc1. The van der Waals surface area contributed by atoms with Crippen LogP contribution in [0.2, 0.25) is 10.0 Å². The maximum Gasteiger partial charge on any atom is 0.0637 e. The third kappa shape index (κ3) is 4.72. The van der Waals surface area contributed by atoms with Gasteiger partial charge in [0.05, 0.1) is 16.7 Å². The van der Waals surface area contributed by atoms with Crippen LogP contribution in [-0.2, 0) is 13.1 Å². The van der Waals surface area contributed by atoms with Gasteiger partial charge in [-0.15, -0.1) is 0 Å². The summed E-state index contributed by atoms with van der Waals surface area (Å²) in [4.78, 5) is 2.15. The Kier molecular flexibility index (Phi) is 6.07. The van der Waals surface area contributed by atoms with Crippen LogP contribution in [0.25, 0.3) is 0 Å². The summed E-state index contributed by atoms with van der Waals surface area (Å²) in [6.45, 7) is 4.21. The van der Waals surface area contributed by atoms with Gasteiger partial charge in [0.15, 0.2) is 0 Å². The molecule has 0 bridgehead atoms. The van der Waals surface area contributed by atoms with Crippen LogP contribution < -0.4 is 0 Å². The van der Waals surface area contributed by atoms with E-state index in [1.807, 2.05) is 12.1 Å². The molecule has 0 spiro atoms. The molecular weight excluding hydrogens is 305 g/mol. The molecule has 0 aliphatic carbocycles. The molecule has 0 radical (unpaired) electrons. The largest absolute Gasteiger partial charge is 0.395 e. The van der Waals surface area contributed by atoms with Gasteiger partial charge < -0.3 is 5.11 Å². The lowest BCUT2D eigenvalue weighted by atomic mass is 10.1. The molecule has 0 saturated heterocycles. The van der Waals surface area contributed by atoms with Gasteiger partial charge in [-0.1, -0.05) is 65.2 Å². The molecule has 2 rings (SSSR count). The highest BCUT2D eigenvalue weighted by atomic mass is 35.5. The van der Waals surface area contributed by atoms with Crippen LogP contribution in [0.3, 0.4) is 0 Å².